The molecule has 0 fully saturated rings. The third-order valence-corrected chi connectivity index (χ3v) is 1.41. The maximum atomic E-state index is 12.2. The van der Waals surface area contributed by atoms with Crippen LogP contribution in [-0.2, 0) is 9.53 Å². The number of carbonyl (C=O) groups excluding carboxylic acids is 1. The number of hydrogen-bond donors (Lipinski definition) is 1. The molecule has 0 aromatic heterocycles. The highest BCUT2D eigenvalue weighted by atomic mass is 19.4. The van der Waals surface area contributed by atoms with Crippen LogP contribution in [-0.4, -0.2) is 23.3 Å². The molecule has 0 heterocycles. The first-order valence-electron chi connectivity index (χ1n) is 3.97. The van der Waals surface area contributed by atoms with Crippen LogP contribution in [0.3, 0.4) is 0 Å². The highest BCUT2D eigenvalue weighted by molar-refractivity contribution is 5.81. The molecular formula is C8H14F3NO2. The van der Waals surface area contributed by atoms with Crippen molar-refractivity contribution < 1.29 is 22.7 Å². The summed E-state index contributed by atoms with van der Waals surface area (Å²) in [7, 11) is 0. The molecule has 0 saturated heterocycles. The fraction of sp³-hybridized carbons (Fsp3) is 0.875. The molecule has 0 unspecified atom stereocenters. The lowest BCUT2D eigenvalue weighted by Crippen LogP contribution is -2.59. The van der Waals surface area contributed by atoms with Gasteiger partial charge in [-0.25, -0.2) is 4.79 Å². The second-order valence-electron chi connectivity index (χ2n) is 4.20. The molecule has 6 heteroatoms. The Morgan fingerprint density at radius 3 is 1.71 bits per heavy atom. The maximum Gasteiger partial charge on any atom is 0.416 e. The number of halogens is 3. The molecule has 0 spiro atoms. The molecular weight excluding hydrogens is 199 g/mol. The van der Waals surface area contributed by atoms with E-state index in [-0.39, 0.29) is 0 Å². The summed E-state index contributed by atoms with van der Waals surface area (Å²) >= 11 is 0. The number of nitrogens with two attached hydrogens (primary N) is 1. The minimum atomic E-state index is -4.81. The molecule has 0 rings (SSSR count). The van der Waals surface area contributed by atoms with Crippen molar-refractivity contribution in [2.24, 2.45) is 5.73 Å². The number of esters is 1. The highest BCUT2D eigenvalue weighted by Crippen LogP contribution is 2.30. The number of carbonyl (C=O) groups is 1. The third-order valence-electron chi connectivity index (χ3n) is 1.41. The minimum Gasteiger partial charge on any atom is -0.458 e. The van der Waals surface area contributed by atoms with Crippen LogP contribution < -0.4 is 5.73 Å². The molecule has 3 nitrogen and oxygen atoms in total. The zero-order valence-corrected chi connectivity index (χ0v) is 8.53. The molecule has 0 aromatic carbocycles. The maximum absolute atomic E-state index is 12.2. The average molecular weight is 213 g/mol. The van der Waals surface area contributed by atoms with Crippen LogP contribution >= 0.6 is 0 Å². The number of ether oxygens (including phenoxy) is 1. The van der Waals surface area contributed by atoms with E-state index in [4.69, 9.17) is 5.73 Å². The van der Waals surface area contributed by atoms with Gasteiger partial charge in [-0.1, -0.05) is 0 Å². The van der Waals surface area contributed by atoms with Gasteiger partial charge in [0.2, 0.25) is 5.54 Å². The van der Waals surface area contributed by atoms with Gasteiger partial charge >= 0.3 is 12.1 Å². The molecule has 14 heavy (non-hydrogen) atoms. The first-order valence-corrected chi connectivity index (χ1v) is 3.97. The summed E-state index contributed by atoms with van der Waals surface area (Å²) < 4.78 is 41.2. The van der Waals surface area contributed by atoms with E-state index in [0.29, 0.717) is 6.92 Å². The predicted molar refractivity (Wildman–Crippen MR) is 44.5 cm³/mol. The summed E-state index contributed by atoms with van der Waals surface area (Å²) in [5.74, 6) is -1.47. The zero-order valence-electron chi connectivity index (χ0n) is 8.53. The van der Waals surface area contributed by atoms with E-state index in [2.05, 4.69) is 4.74 Å². The molecule has 0 radical (unpaired) electrons. The monoisotopic (exact) mass is 213 g/mol. The van der Waals surface area contributed by atoms with Crippen molar-refractivity contribution in [3.8, 4) is 0 Å². The smallest absolute Gasteiger partial charge is 0.416 e. The van der Waals surface area contributed by atoms with E-state index >= 15 is 0 Å². The fourth-order valence-corrected chi connectivity index (χ4v) is 0.500. The van der Waals surface area contributed by atoms with Crippen molar-refractivity contribution in [2.45, 2.75) is 45.0 Å². The van der Waals surface area contributed by atoms with Crippen molar-refractivity contribution >= 4 is 5.97 Å². The molecule has 0 saturated carbocycles. The second kappa shape index (κ2) is 3.42. The fourth-order valence-electron chi connectivity index (χ4n) is 0.500. The average Bonchev–Trinajstić information content (AvgIpc) is 1.80. The summed E-state index contributed by atoms with van der Waals surface area (Å²) in [5, 5.41) is 0. The summed E-state index contributed by atoms with van der Waals surface area (Å²) in [4.78, 5) is 11.1. The van der Waals surface area contributed by atoms with Gasteiger partial charge in [-0.05, 0) is 27.7 Å². The van der Waals surface area contributed by atoms with Gasteiger partial charge in [-0.15, -0.1) is 0 Å². The van der Waals surface area contributed by atoms with Crippen LogP contribution in [0, 0.1) is 0 Å². The van der Waals surface area contributed by atoms with E-state index in [9.17, 15) is 18.0 Å². The molecule has 0 aliphatic heterocycles. The van der Waals surface area contributed by atoms with E-state index in [1.54, 1.807) is 0 Å². The first-order chi connectivity index (χ1) is 5.88. The molecule has 84 valence electrons. The van der Waals surface area contributed by atoms with Crippen molar-refractivity contribution in [1.82, 2.24) is 0 Å². The van der Waals surface area contributed by atoms with Crippen molar-refractivity contribution in [3.05, 3.63) is 0 Å². The molecule has 2 N–H and O–H groups in total. The predicted octanol–water partition coefficient (Wildman–Crippen LogP) is 1.61. The molecule has 0 aliphatic carbocycles. The van der Waals surface area contributed by atoms with Crippen LogP contribution in [0.4, 0.5) is 13.2 Å². The molecule has 0 aliphatic rings. The Labute approximate surface area is 80.4 Å². The summed E-state index contributed by atoms with van der Waals surface area (Å²) in [6, 6.07) is 0. The highest BCUT2D eigenvalue weighted by Gasteiger charge is 2.55. The topological polar surface area (TPSA) is 52.3 Å². The van der Waals surface area contributed by atoms with E-state index < -0.39 is 23.3 Å². The Morgan fingerprint density at radius 2 is 1.50 bits per heavy atom. The normalized spacial score (nSPS) is 17.4. The van der Waals surface area contributed by atoms with Gasteiger partial charge in [0.25, 0.3) is 0 Å². The molecule has 0 aromatic rings. The number of alkyl halides is 3. The van der Waals surface area contributed by atoms with Gasteiger partial charge in [0, 0.05) is 0 Å². The molecule has 0 bridgehead atoms. The Kier molecular flexibility index (Phi) is 3.23. The summed E-state index contributed by atoms with van der Waals surface area (Å²) in [6.07, 6.45) is -4.81. The quantitative estimate of drug-likeness (QED) is 0.673. The van der Waals surface area contributed by atoms with Gasteiger partial charge in [0.05, 0.1) is 0 Å². The Morgan fingerprint density at radius 1 is 1.14 bits per heavy atom. The summed E-state index contributed by atoms with van der Waals surface area (Å²) in [5.41, 5.74) is 0.904. The van der Waals surface area contributed by atoms with Crippen LogP contribution in [0.2, 0.25) is 0 Å². The van der Waals surface area contributed by atoms with Crippen LogP contribution in [0.5, 0.6) is 0 Å². The van der Waals surface area contributed by atoms with Crippen molar-refractivity contribution in [3.63, 3.8) is 0 Å². The molecule has 1 atom stereocenters. The van der Waals surface area contributed by atoms with E-state index in [1.807, 2.05) is 0 Å². The van der Waals surface area contributed by atoms with Gasteiger partial charge in [-0.3, -0.25) is 0 Å². The Balaban J connectivity index is 4.70. The van der Waals surface area contributed by atoms with Gasteiger partial charge in [0.15, 0.2) is 0 Å². The zero-order chi connectivity index (χ0) is 11.8. The third kappa shape index (κ3) is 3.17. The van der Waals surface area contributed by atoms with Crippen molar-refractivity contribution in [2.75, 3.05) is 0 Å². The largest absolute Gasteiger partial charge is 0.458 e. The Bertz CT molecular complexity index is 228. The standard InChI is InChI=1S/C8H14F3NO2/c1-6(2,3)14-5(13)7(4,12)8(9,10)11/h12H2,1-4H3/t7-/m0/s1. The van der Waals surface area contributed by atoms with Crippen LogP contribution in [0.1, 0.15) is 27.7 Å². The van der Waals surface area contributed by atoms with E-state index in [1.165, 1.54) is 20.8 Å². The number of rotatable bonds is 1. The minimum absolute atomic E-state index is 0.584. The lowest BCUT2D eigenvalue weighted by Gasteiger charge is -2.29. The van der Waals surface area contributed by atoms with E-state index in [0.717, 1.165) is 0 Å². The Hall–Kier alpha value is -0.780. The van der Waals surface area contributed by atoms with Crippen molar-refractivity contribution in [1.29, 1.82) is 0 Å². The molecule has 0 amide bonds. The van der Waals surface area contributed by atoms with Gasteiger partial charge < -0.3 is 10.5 Å². The van der Waals surface area contributed by atoms with Gasteiger partial charge in [-0.2, -0.15) is 13.2 Å². The lowest BCUT2D eigenvalue weighted by molar-refractivity contribution is -0.208. The lowest BCUT2D eigenvalue weighted by atomic mass is 10.0. The summed E-state index contributed by atoms with van der Waals surface area (Å²) in [6.45, 7) is 4.99. The first kappa shape index (κ1) is 13.2. The SMILES string of the molecule is CC(C)(C)OC(=O)[C@](C)(N)C(F)(F)F. The number of hydrogen-bond acceptors (Lipinski definition) is 3. The van der Waals surface area contributed by atoms with Crippen LogP contribution in [0.25, 0.3) is 0 Å². The second-order valence-corrected chi connectivity index (χ2v) is 4.20. The van der Waals surface area contributed by atoms with Crippen LogP contribution in [0.15, 0.2) is 0 Å². The van der Waals surface area contributed by atoms with Gasteiger partial charge in [0.1, 0.15) is 5.60 Å².